The summed E-state index contributed by atoms with van der Waals surface area (Å²) in [7, 11) is 0. The van der Waals surface area contributed by atoms with Gasteiger partial charge < -0.3 is 14.8 Å². The summed E-state index contributed by atoms with van der Waals surface area (Å²) in [4.78, 5) is 38.6. The van der Waals surface area contributed by atoms with Crippen LogP contribution in [0.3, 0.4) is 0 Å². The van der Waals surface area contributed by atoms with Crippen molar-refractivity contribution < 1.29 is 28.2 Å². The van der Waals surface area contributed by atoms with Crippen molar-refractivity contribution in [2.24, 2.45) is 0 Å². The first kappa shape index (κ1) is 23.5. The van der Waals surface area contributed by atoms with Crippen LogP contribution in [0.4, 0.5) is 10.1 Å². The van der Waals surface area contributed by atoms with E-state index in [1.165, 1.54) is 24.3 Å². The minimum atomic E-state index is -0.595. The number of anilines is 1. The number of amides is 1. The van der Waals surface area contributed by atoms with E-state index in [1.54, 1.807) is 12.1 Å². The first-order valence-corrected chi connectivity index (χ1v) is 12.4. The first-order valence-electron chi connectivity index (χ1n) is 11.6. The Bertz CT molecular complexity index is 1240. The molecule has 0 spiro atoms. The number of benzene rings is 2. The van der Waals surface area contributed by atoms with Gasteiger partial charge in [0.1, 0.15) is 23.1 Å². The molecule has 1 amide bonds. The molecule has 5 rings (SSSR count). The summed E-state index contributed by atoms with van der Waals surface area (Å²) in [5.41, 5.74) is 2.13. The number of rotatable bonds is 5. The lowest BCUT2D eigenvalue weighted by Crippen LogP contribution is -2.30. The lowest BCUT2D eigenvalue weighted by Gasteiger charge is -2.36. The van der Waals surface area contributed by atoms with Crippen molar-refractivity contribution >= 4 is 39.1 Å². The lowest BCUT2D eigenvalue weighted by molar-refractivity contribution is -0.119. The molecule has 8 heteroatoms. The van der Waals surface area contributed by atoms with E-state index < -0.39 is 17.6 Å². The minimum Gasteiger partial charge on any atom is -0.483 e. The molecule has 2 aromatic rings. The molecule has 3 aliphatic rings. The Morgan fingerprint density at radius 2 is 1.60 bits per heavy atom. The van der Waals surface area contributed by atoms with Gasteiger partial charge in [-0.15, -0.1) is 0 Å². The second-order valence-electron chi connectivity index (χ2n) is 8.79. The second-order valence-corrected chi connectivity index (χ2v) is 9.70. The van der Waals surface area contributed by atoms with Crippen LogP contribution in [-0.2, 0) is 19.1 Å². The third kappa shape index (κ3) is 4.80. The molecule has 0 atom stereocenters. The lowest BCUT2D eigenvalue weighted by atomic mass is 9.73. The highest BCUT2D eigenvalue weighted by Crippen LogP contribution is 2.50. The average molecular weight is 540 g/mol. The predicted octanol–water partition coefficient (Wildman–Crippen LogP) is 5.73. The maximum atomic E-state index is 13.1. The van der Waals surface area contributed by atoms with E-state index in [2.05, 4.69) is 21.2 Å². The van der Waals surface area contributed by atoms with Crippen LogP contribution >= 0.6 is 15.9 Å². The summed E-state index contributed by atoms with van der Waals surface area (Å²) in [5.74, 6) is 0.223. The highest BCUT2D eigenvalue weighted by atomic mass is 79.9. The average Bonchev–Trinajstić information content (AvgIpc) is 2.84. The topological polar surface area (TPSA) is 81.7 Å². The van der Waals surface area contributed by atoms with Gasteiger partial charge in [0.25, 0.3) is 5.91 Å². The van der Waals surface area contributed by atoms with Crippen molar-refractivity contribution in [1.29, 1.82) is 0 Å². The molecule has 35 heavy (non-hydrogen) atoms. The molecule has 1 heterocycles. The Hall–Kier alpha value is -3.26. The quantitative estimate of drug-likeness (QED) is 0.524. The van der Waals surface area contributed by atoms with Crippen LogP contribution in [0.1, 0.15) is 50.0 Å². The number of carbonyl (C=O) groups is 3. The molecular weight excluding hydrogens is 517 g/mol. The Labute approximate surface area is 210 Å². The Balaban J connectivity index is 1.48. The van der Waals surface area contributed by atoms with Crippen LogP contribution < -0.4 is 10.1 Å². The zero-order chi connectivity index (χ0) is 24.5. The summed E-state index contributed by atoms with van der Waals surface area (Å²) in [6.07, 6.45) is 3.53. The van der Waals surface area contributed by atoms with Gasteiger partial charge in [-0.1, -0.05) is 15.9 Å². The number of nitrogens with one attached hydrogen (secondary N) is 1. The SMILES string of the molecule is O=C(COc1ccc(Br)cc1C1C2=C(CCCC2=O)OC2=C1C(=O)CCC2)Nc1ccc(F)cc1. The molecule has 0 bridgehead atoms. The molecular formula is C27H23BrFNO5. The van der Waals surface area contributed by atoms with Gasteiger partial charge in [0.05, 0.1) is 5.92 Å². The predicted molar refractivity (Wildman–Crippen MR) is 130 cm³/mol. The normalized spacial score (nSPS) is 18.1. The molecule has 0 fully saturated rings. The number of hydrogen-bond acceptors (Lipinski definition) is 5. The first-order chi connectivity index (χ1) is 16.9. The molecule has 2 aliphatic carbocycles. The molecule has 0 radical (unpaired) electrons. The minimum absolute atomic E-state index is 0.0267. The van der Waals surface area contributed by atoms with Crippen molar-refractivity contribution in [3.8, 4) is 5.75 Å². The van der Waals surface area contributed by atoms with Crippen LogP contribution in [-0.4, -0.2) is 24.1 Å². The fourth-order valence-corrected chi connectivity index (χ4v) is 5.26. The highest BCUT2D eigenvalue weighted by Gasteiger charge is 2.42. The molecule has 0 aromatic heterocycles. The molecule has 0 saturated heterocycles. The molecule has 2 aromatic carbocycles. The Morgan fingerprint density at radius 1 is 0.971 bits per heavy atom. The summed E-state index contributed by atoms with van der Waals surface area (Å²) < 4.78 is 25.9. The molecule has 0 unspecified atom stereocenters. The van der Waals surface area contributed by atoms with Gasteiger partial charge in [-0.2, -0.15) is 0 Å². The number of carbonyl (C=O) groups excluding carboxylic acids is 3. The monoisotopic (exact) mass is 539 g/mol. The Kier molecular flexibility index (Phi) is 6.56. The molecule has 1 aliphatic heterocycles. The van der Waals surface area contributed by atoms with Crippen molar-refractivity contribution in [1.82, 2.24) is 0 Å². The number of ketones is 2. The van der Waals surface area contributed by atoms with Crippen molar-refractivity contribution in [2.45, 2.75) is 44.4 Å². The van der Waals surface area contributed by atoms with Gasteiger partial charge in [0, 0.05) is 52.6 Å². The van der Waals surface area contributed by atoms with Gasteiger partial charge in [0.15, 0.2) is 18.2 Å². The zero-order valence-corrected chi connectivity index (χ0v) is 20.5. The third-order valence-corrected chi connectivity index (χ3v) is 6.90. The number of allylic oxidation sites excluding steroid dienone is 4. The third-order valence-electron chi connectivity index (χ3n) is 6.41. The van der Waals surface area contributed by atoms with E-state index in [0.717, 1.165) is 4.47 Å². The second kappa shape index (κ2) is 9.77. The van der Waals surface area contributed by atoms with Crippen molar-refractivity contribution in [3.63, 3.8) is 0 Å². The van der Waals surface area contributed by atoms with E-state index >= 15 is 0 Å². The van der Waals surface area contributed by atoms with E-state index in [9.17, 15) is 18.8 Å². The van der Waals surface area contributed by atoms with Crippen LogP contribution in [0.15, 0.2) is 69.6 Å². The fraction of sp³-hybridized carbons (Fsp3) is 0.296. The van der Waals surface area contributed by atoms with Crippen molar-refractivity contribution in [3.05, 3.63) is 81.0 Å². The molecule has 180 valence electrons. The standard InChI is InChI=1S/C27H23BrFNO5/c28-15-7-12-21(34-14-24(33)30-17-10-8-16(29)9-11-17)18(13-15)25-26-19(31)3-1-5-22(26)35-23-6-2-4-20(32)27(23)25/h7-13,25H,1-6,14H2,(H,30,33). The summed E-state index contributed by atoms with van der Waals surface area (Å²) in [5, 5.41) is 2.67. The van der Waals surface area contributed by atoms with Crippen LogP contribution in [0, 0.1) is 5.82 Å². The van der Waals surface area contributed by atoms with Gasteiger partial charge in [-0.25, -0.2) is 4.39 Å². The van der Waals surface area contributed by atoms with Crippen LogP contribution in [0.2, 0.25) is 0 Å². The van der Waals surface area contributed by atoms with Gasteiger partial charge in [0.2, 0.25) is 0 Å². The van der Waals surface area contributed by atoms with Gasteiger partial charge >= 0.3 is 0 Å². The maximum Gasteiger partial charge on any atom is 0.262 e. The summed E-state index contributed by atoms with van der Waals surface area (Å²) in [6.45, 7) is -0.297. The van der Waals surface area contributed by atoms with E-state index in [0.29, 0.717) is 78.2 Å². The van der Waals surface area contributed by atoms with E-state index in [1.807, 2.05) is 6.07 Å². The number of Topliss-reactive ketones (excluding diaryl/α,β-unsaturated/α-hetero) is 2. The van der Waals surface area contributed by atoms with Crippen molar-refractivity contribution in [2.75, 3.05) is 11.9 Å². The largest absolute Gasteiger partial charge is 0.483 e. The van der Waals surface area contributed by atoms with Crippen LogP contribution in [0.5, 0.6) is 5.75 Å². The molecule has 0 saturated carbocycles. The Morgan fingerprint density at radius 3 is 2.23 bits per heavy atom. The number of hydrogen-bond donors (Lipinski definition) is 1. The number of ether oxygens (including phenoxy) is 2. The summed E-state index contributed by atoms with van der Waals surface area (Å²) in [6, 6.07) is 10.8. The molecule has 1 N–H and O–H groups in total. The number of halogens is 2. The van der Waals surface area contributed by atoms with E-state index in [4.69, 9.17) is 9.47 Å². The zero-order valence-electron chi connectivity index (χ0n) is 18.9. The van der Waals surface area contributed by atoms with Gasteiger partial charge in [-0.3, -0.25) is 14.4 Å². The molecule has 6 nitrogen and oxygen atoms in total. The highest BCUT2D eigenvalue weighted by molar-refractivity contribution is 9.10. The fourth-order valence-electron chi connectivity index (χ4n) is 4.88. The smallest absolute Gasteiger partial charge is 0.262 e. The van der Waals surface area contributed by atoms with E-state index in [-0.39, 0.29) is 18.2 Å². The summed E-state index contributed by atoms with van der Waals surface area (Å²) >= 11 is 3.50. The van der Waals surface area contributed by atoms with Crippen LogP contribution in [0.25, 0.3) is 0 Å². The maximum absolute atomic E-state index is 13.1. The van der Waals surface area contributed by atoms with Gasteiger partial charge in [-0.05, 0) is 55.3 Å².